The number of aromatic nitrogens is 4. The monoisotopic (exact) mass is 401 g/mol. The van der Waals surface area contributed by atoms with Gasteiger partial charge in [-0.05, 0) is 44.9 Å². The van der Waals surface area contributed by atoms with Crippen LogP contribution in [0.4, 0.5) is 5.95 Å². The standard InChI is InChI=1S/C24H27N5O/c1-4-6-21-22(5-2)29(20-9-7-17(3)8-10-20)23(28-21)18-15-25-24(26-16-18)27-19-11-13-30-14-12-19/h4-10,15-16,19H,1,11-14H2,2-3H3,(H,25,26,27)/b21-6+,22-5+. The van der Waals surface area contributed by atoms with Gasteiger partial charge >= 0.3 is 0 Å². The highest BCUT2D eigenvalue weighted by molar-refractivity contribution is 5.59. The Morgan fingerprint density at radius 3 is 2.47 bits per heavy atom. The molecule has 0 radical (unpaired) electrons. The van der Waals surface area contributed by atoms with Crippen molar-refractivity contribution in [2.45, 2.75) is 32.7 Å². The second-order valence-corrected chi connectivity index (χ2v) is 7.39. The van der Waals surface area contributed by atoms with Crippen LogP contribution in [0.2, 0.25) is 0 Å². The average Bonchev–Trinajstić information content (AvgIpc) is 3.14. The molecule has 0 atom stereocenters. The summed E-state index contributed by atoms with van der Waals surface area (Å²) in [6.07, 6.45) is 11.4. The summed E-state index contributed by atoms with van der Waals surface area (Å²) in [5.41, 5.74) is 3.12. The zero-order valence-corrected chi connectivity index (χ0v) is 17.5. The van der Waals surface area contributed by atoms with Crippen LogP contribution in [-0.4, -0.2) is 38.8 Å². The van der Waals surface area contributed by atoms with E-state index in [0.717, 1.165) is 53.8 Å². The Bertz CT molecular complexity index is 1120. The minimum absolute atomic E-state index is 0.356. The summed E-state index contributed by atoms with van der Waals surface area (Å²) in [6, 6.07) is 8.77. The largest absolute Gasteiger partial charge is 0.381 e. The molecule has 0 bridgehead atoms. The number of benzene rings is 1. The third-order valence-electron chi connectivity index (χ3n) is 5.25. The fourth-order valence-electron chi connectivity index (χ4n) is 3.65. The smallest absolute Gasteiger partial charge is 0.222 e. The highest BCUT2D eigenvalue weighted by atomic mass is 16.5. The van der Waals surface area contributed by atoms with E-state index in [1.54, 1.807) is 6.08 Å². The predicted molar refractivity (Wildman–Crippen MR) is 121 cm³/mol. The summed E-state index contributed by atoms with van der Waals surface area (Å²) in [5.74, 6) is 1.44. The summed E-state index contributed by atoms with van der Waals surface area (Å²) in [4.78, 5) is 14.0. The molecular formula is C24H27N5O. The summed E-state index contributed by atoms with van der Waals surface area (Å²) < 4.78 is 7.55. The molecule has 1 N–H and O–H groups in total. The Balaban J connectivity index is 1.75. The first-order valence-electron chi connectivity index (χ1n) is 10.3. The van der Waals surface area contributed by atoms with Gasteiger partial charge in [0.05, 0.1) is 16.3 Å². The van der Waals surface area contributed by atoms with Crippen LogP contribution in [0.25, 0.3) is 29.2 Å². The maximum Gasteiger partial charge on any atom is 0.222 e. The van der Waals surface area contributed by atoms with Crippen LogP contribution in [0.5, 0.6) is 0 Å². The quantitative estimate of drug-likeness (QED) is 0.712. The van der Waals surface area contributed by atoms with E-state index in [9.17, 15) is 0 Å². The lowest BCUT2D eigenvalue weighted by Crippen LogP contribution is -2.29. The molecule has 0 unspecified atom stereocenters. The van der Waals surface area contributed by atoms with Crippen LogP contribution in [-0.2, 0) is 4.74 Å². The highest BCUT2D eigenvalue weighted by Crippen LogP contribution is 2.19. The molecule has 0 aliphatic carbocycles. The average molecular weight is 402 g/mol. The number of hydrogen-bond acceptors (Lipinski definition) is 5. The predicted octanol–water partition coefficient (Wildman–Crippen LogP) is 3.00. The number of rotatable bonds is 5. The number of hydrogen-bond donors (Lipinski definition) is 1. The first-order chi connectivity index (χ1) is 14.7. The minimum Gasteiger partial charge on any atom is -0.381 e. The van der Waals surface area contributed by atoms with Crippen molar-refractivity contribution in [2.24, 2.45) is 0 Å². The molecule has 2 aromatic heterocycles. The van der Waals surface area contributed by atoms with Gasteiger partial charge in [-0.3, -0.25) is 4.57 Å². The third-order valence-corrected chi connectivity index (χ3v) is 5.25. The maximum atomic E-state index is 5.42. The van der Waals surface area contributed by atoms with Gasteiger partial charge in [0.15, 0.2) is 0 Å². The SMILES string of the molecule is C=C/C=c1/nc(-c2cnc(NC3CCOCC3)nc2)n(-c2ccc(C)cc2)/c1=C/C. The van der Waals surface area contributed by atoms with E-state index in [4.69, 9.17) is 9.72 Å². The van der Waals surface area contributed by atoms with Gasteiger partial charge in [0.25, 0.3) is 0 Å². The van der Waals surface area contributed by atoms with Crippen molar-refractivity contribution in [1.82, 2.24) is 19.5 Å². The van der Waals surface area contributed by atoms with E-state index in [1.807, 2.05) is 25.4 Å². The lowest BCUT2D eigenvalue weighted by atomic mass is 10.1. The molecule has 1 saturated heterocycles. The van der Waals surface area contributed by atoms with E-state index >= 15 is 0 Å². The van der Waals surface area contributed by atoms with Crippen LogP contribution >= 0.6 is 0 Å². The zero-order chi connectivity index (χ0) is 20.9. The molecule has 6 nitrogen and oxygen atoms in total. The van der Waals surface area contributed by atoms with Gasteiger partial charge in [-0.15, -0.1) is 0 Å². The number of allylic oxidation sites excluding steroid dienone is 1. The summed E-state index contributed by atoms with van der Waals surface area (Å²) in [5, 5.41) is 5.29. The Morgan fingerprint density at radius 1 is 1.13 bits per heavy atom. The molecule has 1 aromatic carbocycles. The Hall–Kier alpha value is -3.25. The third kappa shape index (κ3) is 4.19. The van der Waals surface area contributed by atoms with Crippen molar-refractivity contribution in [3.05, 3.63) is 65.6 Å². The van der Waals surface area contributed by atoms with Gasteiger partial charge in [0.1, 0.15) is 5.82 Å². The van der Waals surface area contributed by atoms with Crippen molar-refractivity contribution in [1.29, 1.82) is 0 Å². The number of ether oxygens (including phenoxy) is 1. The molecule has 3 heterocycles. The van der Waals surface area contributed by atoms with Crippen LogP contribution in [0.15, 0.2) is 49.3 Å². The maximum absolute atomic E-state index is 5.42. The normalized spacial score (nSPS) is 16.1. The number of nitrogens with one attached hydrogen (secondary N) is 1. The van der Waals surface area contributed by atoms with Gasteiger partial charge in [0.2, 0.25) is 5.95 Å². The Labute approximate surface area is 176 Å². The molecule has 30 heavy (non-hydrogen) atoms. The summed E-state index contributed by atoms with van der Waals surface area (Å²) in [7, 11) is 0. The molecule has 1 aliphatic heterocycles. The van der Waals surface area contributed by atoms with E-state index < -0.39 is 0 Å². The van der Waals surface area contributed by atoms with Crippen molar-refractivity contribution >= 4 is 18.1 Å². The summed E-state index contributed by atoms with van der Waals surface area (Å²) >= 11 is 0. The second kappa shape index (κ2) is 9.05. The molecular weight excluding hydrogens is 374 g/mol. The molecule has 3 aromatic rings. The lowest BCUT2D eigenvalue weighted by Gasteiger charge is -2.22. The number of nitrogens with zero attached hydrogens (tertiary/aromatic N) is 4. The van der Waals surface area contributed by atoms with Gasteiger partial charge in [0, 0.05) is 37.3 Å². The Morgan fingerprint density at radius 2 is 1.83 bits per heavy atom. The van der Waals surface area contributed by atoms with Gasteiger partial charge in [-0.1, -0.05) is 36.4 Å². The van der Waals surface area contributed by atoms with Crippen LogP contribution in [0.3, 0.4) is 0 Å². The van der Waals surface area contributed by atoms with Gasteiger partial charge < -0.3 is 10.1 Å². The molecule has 0 amide bonds. The first-order valence-corrected chi connectivity index (χ1v) is 10.3. The van der Waals surface area contributed by atoms with E-state index in [2.05, 4.69) is 63.7 Å². The first kappa shape index (κ1) is 20.0. The van der Waals surface area contributed by atoms with E-state index in [-0.39, 0.29) is 0 Å². The Kier molecular flexibility index (Phi) is 6.05. The molecule has 0 spiro atoms. The molecule has 6 heteroatoms. The van der Waals surface area contributed by atoms with Crippen LogP contribution in [0, 0.1) is 6.92 Å². The lowest BCUT2D eigenvalue weighted by molar-refractivity contribution is 0.0903. The van der Waals surface area contributed by atoms with E-state index in [0.29, 0.717) is 12.0 Å². The molecule has 4 rings (SSSR count). The molecule has 1 fully saturated rings. The van der Waals surface area contributed by atoms with E-state index in [1.165, 1.54) is 5.56 Å². The topological polar surface area (TPSA) is 64.9 Å². The minimum atomic E-state index is 0.356. The molecule has 0 saturated carbocycles. The van der Waals surface area contributed by atoms with Gasteiger partial charge in [-0.2, -0.15) is 0 Å². The number of anilines is 1. The number of aryl methyl sites for hydroxylation is 1. The molecule has 154 valence electrons. The summed E-state index contributed by atoms with van der Waals surface area (Å²) in [6.45, 7) is 9.50. The highest BCUT2D eigenvalue weighted by Gasteiger charge is 2.16. The molecule has 1 aliphatic rings. The van der Waals surface area contributed by atoms with Crippen molar-refractivity contribution in [3.63, 3.8) is 0 Å². The van der Waals surface area contributed by atoms with Crippen LogP contribution < -0.4 is 16.0 Å². The van der Waals surface area contributed by atoms with Gasteiger partial charge in [-0.25, -0.2) is 15.0 Å². The second-order valence-electron chi connectivity index (χ2n) is 7.39. The van der Waals surface area contributed by atoms with Crippen molar-refractivity contribution in [2.75, 3.05) is 18.5 Å². The fraction of sp³-hybridized carbons (Fsp3) is 0.292. The zero-order valence-electron chi connectivity index (χ0n) is 17.5. The van der Waals surface area contributed by atoms with Crippen molar-refractivity contribution in [3.8, 4) is 17.1 Å². The number of imidazole rings is 1. The van der Waals surface area contributed by atoms with Crippen LogP contribution in [0.1, 0.15) is 25.3 Å². The fourth-order valence-corrected chi connectivity index (χ4v) is 3.65. The van der Waals surface area contributed by atoms with Crippen molar-refractivity contribution < 1.29 is 4.74 Å².